The zero-order chi connectivity index (χ0) is 18.9. The fourth-order valence-electron chi connectivity index (χ4n) is 3.14. The Kier molecular flexibility index (Phi) is 4.76. The molecule has 0 fully saturated rings. The highest BCUT2D eigenvalue weighted by atomic mass is 32.2. The van der Waals surface area contributed by atoms with Crippen molar-refractivity contribution in [2.75, 3.05) is 5.75 Å². The van der Waals surface area contributed by atoms with Crippen LogP contribution in [0.5, 0.6) is 0 Å². The number of thiophene rings is 1. The molecule has 1 aliphatic rings. The summed E-state index contributed by atoms with van der Waals surface area (Å²) in [7, 11) is 0. The molecule has 0 spiro atoms. The number of carbonyl (C=O) groups excluding carboxylic acids is 1. The molecule has 4 heterocycles. The van der Waals surface area contributed by atoms with Gasteiger partial charge in [0.25, 0.3) is 5.91 Å². The molecular weight excluding hydrogens is 410 g/mol. The first-order valence-corrected chi connectivity index (χ1v) is 11.4. The van der Waals surface area contributed by atoms with E-state index in [1.807, 2.05) is 53.9 Å². The summed E-state index contributed by atoms with van der Waals surface area (Å²) in [5, 5.41) is 8.24. The van der Waals surface area contributed by atoms with E-state index in [0.29, 0.717) is 6.42 Å². The van der Waals surface area contributed by atoms with Crippen LogP contribution in [0.15, 0.2) is 74.0 Å². The normalized spacial score (nSPS) is 16.6. The van der Waals surface area contributed by atoms with Crippen molar-refractivity contribution in [3.8, 4) is 0 Å². The molecule has 0 saturated carbocycles. The summed E-state index contributed by atoms with van der Waals surface area (Å²) in [6, 6.07) is 15.6. The summed E-state index contributed by atoms with van der Waals surface area (Å²) in [6.45, 7) is 0. The van der Waals surface area contributed by atoms with Crippen LogP contribution in [0.4, 0.5) is 0 Å². The van der Waals surface area contributed by atoms with Crippen molar-refractivity contribution in [2.45, 2.75) is 16.8 Å². The maximum atomic E-state index is 13.0. The van der Waals surface area contributed by atoms with Crippen molar-refractivity contribution < 1.29 is 9.21 Å². The Balaban J connectivity index is 1.36. The SMILES string of the molecule is O=C(CSc1nc2ccccc2s1)N1N=C(c2cccs2)CC1c1ccco1. The number of furan rings is 1. The highest BCUT2D eigenvalue weighted by Gasteiger charge is 2.35. The van der Waals surface area contributed by atoms with Gasteiger partial charge in [0.2, 0.25) is 0 Å². The fourth-order valence-corrected chi connectivity index (χ4v) is 5.78. The lowest BCUT2D eigenvalue weighted by Crippen LogP contribution is -2.28. The second-order valence-corrected chi connectivity index (χ2v) is 9.43. The summed E-state index contributed by atoms with van der Waals surface area (Å²) in [5.74, 6) is 1.00. The van der Waals surface area contributed by atoms with E-state index < -0.39 is 0 Å². The first-order chi connectivity index (χ1) is 13.8. The number of nitrogens with zero attached hydrogens (tertiary/aromatic N) is 3. The summed E-state index contributed by atoms with van der Waals surface area (Å²) in [6.07, 6.45) is 2.29. The van der Waals surface area contributed by atoms with Crippen molar-refractivity contribution in [3.63, 3.8) is 0 Å². The molecule has 1 aromatic carbocycles. The molecule has 1 atom stereocenters. The Bertz CT molecular complexity index is 1100. The number of aromatic nitrogens is 1. The van der Waals surface area contributed by atoms with Crippen molar-refractivity contribution in [2.24, 2.45) is 5.10 Å². The Morgan fingerprint density at radius 1 is 1.21 bits per heavy atom. The standard InChI is InChI=1S/C20H15N3O2S3/c24-19(12-27-20-21-13-5-1-2-7-18(13)28-20)23-15(16-6-3-9-25-16)11-14(22-23)17-8-4-10-26-17/h1-10,15H,11-12H2. The van der Waals surface area contributed by atoms with E-state index in [0.717, 1.165) is 30.9 Å². The van der Waals surface area contributed by atoms with Crippen LogP contribution < -0.4 is 0 Å². The maximum Gasteiger partial charge on any atom is 0.253 e. The van der Waals surface area contributed by atoms with Crippen molar-refractivity contribution in [1.82, 2.24) is 9.99 Å². The lowest BCUT2D eigenvalue weighted by atomic mass is 10.1. The lowest BCUT2D eigenvalue weighted by Gasteiger charge is -2.19. The highest BCUT2D eigenvalue weighted by molar-refractivity contribution is 8.01. The molecule has 0 bridgehead atoms. The molecule has 4 aromatic rings. The third kappa shape index (κ3) is 3.39. The molecule has 1 amide bonds. The summed E-state index contributed by atoms with van der Waals surface area (Å²) < 4.78 is 7.61. The monoisotopic (exact) mass is 425 g/mol. The quantitative estimate of drug-likeness (QED) is 0.401. The molecule has 0 N–H and O–H groups in total. The van der Waals surface area contributed by atoms with Crippen LogP contribution in [-0.2, 0) is 4.79 Å². The third-order valence-electron chi connectivity index (χ3n) is 4.44. The van der Waals surface area contributed by atoms with Gasteiger partial charge in [-0.05, 0) is 35.7 Å². The molecule has 28 heavy (non-hydrogen) atoms. The predicted octanol–water partition coefficient (Wildman–Crippen LogP) is 5.42. The summed E-state index contributed by atoms with van der Waals surface area (Å²) in [5.41, 5.74) is 1.89. The molecule has 0 radical (unpaired) electrons. The van der Waals surface area contributed by atoms with Gasteiger partial charge in [0, 0.05) is 6.42 Å². The zero-order valence-corrected chi connectivity index (χ0v) is 17.1. The van der Waals surface area contributed by atoms with Gasteiger partial charge in [-0.1, -0.05) is 30.0 Å². The number of hydrogen-bond acceptors (Lipinski definition) is 7. The van der Waals surface area contributed by atoms with E-state index in [2.05, 4.69) is 10.1 Å². The van der Waals surface area contributed by atoms with Crippen LogP contribution >= 0.6 is 34.4 Å². The number of hydrogen-bond donors (Lipinski definition) is 0. The second-order valence-electron chi connectivity index (χ2n) is 6.23. The van der Waals surface area contributed by atoms with Crippen LogP contribution in [0.2, 0.25) is 0 Å². The van der Waals surface area contributed by atoms with Crippen LogP contribution in [0, 0.1) is 0 Å². The molecule has 1 aliphatic heterocycles. The van der Waals surface area contributed by atoms with E-state index in [9.17, 15) is 4.79 Å². The van der Waals surface area contributed by atoms with E-state index >= 15 is 0 Å². The van der Waals surface area contributed by atoms with Gasteiger partial charge in [0.05, 0.1) is 32.8 Å². The van der Waals surface area contributed by atoms with Gasteiger partial charge in [-0.25, -0.2) is 9.99 Å². The van der Waals surface area contributed by atoms with Crippen molar-refractivity contribution in [1.29, 1.82) is 0 Å². The number of amides is 1. The molecule has 0 aliphatic carbocycles. The molecule has 140 valence electrons. The van der Waals surface area contributed by atoms with Crippen LogP contribution in [0.1, 0.15) is 23.1 Å². The number of fused-ring (bicyclic) bond motifs is 1. The van der Waals surface area contributed by atoms with E-state index in [4.69, 9.17) is 4.42 Å². The third-order valence-corrected chi connectivity index (χ3v) is 7.52. The van der Waals surface area contributed by atoms with E-state index in [1.54, 1.807) is 33.9 Å². The molecule has 5 rings (SSSR count). The minimum absolute atomic E-state index is 0.0442. The average molecular weight is 426 g/mol. The molecule has 0 saturated heterocycles. The number of para-hydroxylation sites is 1. The van der Waals surface area contributed by atoms with Crippen LogP contribution in [-0.4, -0.2) is 27.4 Å². The van der Waals surface area contributed by atoms with Crippen molar-refractivity contribution in [3.05, 3.63) is 70.8 Å². The molecule has 5 nitrogen and oxygen atoms in total. The number of thioether (sulfide) groups is 1. The van der Waals surface area contributed by atoms with Gasteiger partial charge in [0.1, 0.15) is 11.8 Å². The molecule has 1 unspecified atom stereocenters. The fraction of sp³-hybridized carbons (Fsp3) is 0.150. The zero-order valence-electron chi connectivity index (χ0n) is 14.6. The number of hydrazone groups is 1. The van der Waals surface area contributed by atoms with Crippen LogP contribution in [0.3, 0.4) is 0 Å². The van der Waals surface area contributed by atoms with E-state index in [1.165, 1.54) is 11.8 Å². The number of thiazole rings is 1. The van der Waals surface area contributed by atoms with Crippen LogP contribution in [0.25, 0.3) is 10.2 Å². The Labute approximate surface area is 173 Å². The minimum Gasteiger partial charge on any atom is -0.467 e. The molecule has 8 heteroatoms. The predicted molar refractivity (Wildman–Crippen MR) is 114 cm³/mol. The van der Waals surface area contributed by atoms with Gasteiger partial charge >= 0.3 is 0 Å². The van der Waals surface area contributed by atoms with Gasteiger partial charge < -0.3 is 4.42 Å². The maximum absolute atomic E-state index is 13.0. The lowest BCUT2D eigenvalue weighted by molar-refractivity contribution is -0.130. The van der Waals surface area contributed by atoms with E-state index in [-0.39, 0.29) is 17.7 Å². The first kappa shape index (κ1) is 17.7. The van der Waals surface area contributed by atoms with Gasteiger partial charge in [-0.3, -0.25) is 4.79 Å². The Morgan fingerprint density at radius 2 is 2.14 bits per heavy atom. The average Bonchev–Trinajstić information content (AvgIpc) is 3.50. The Morgan fingerprint density at radius 3 is 2.93 bits per heavy atom. The number of rotatable bonds is 5. The van der Waals surface area contributed by atoms with Gasteiger partial charge in [0.15, 0.2) is 4.34 Å². The summed E-state index contributed by atoms with van der Waals surface area (Å²) >= 11 is 4.70. The summed E-state index contributed by atoms with van der Waals surface area (Å²) in [4.78, 5) is 18.7. The van der Waals surface area contributed by atoms with Gasteiger partial charge in [-0.2, -0.15) is 5.10 Å². The second kappa shape index (κ2) is 7.54. The molecular formula is C20H15N3O2S3. The smallest absolute Gasteiger partial charge is 0.253 e. The van der Waals surface area contributed by atoms with Crippen molar-refractivity contribution >= 4 is 56.3 Å². The number of benzene rings is 1. The largest absolute Gasteiger partial charge is 0.467 e. The Hall–Kier alpha value is -2.42. The highest BCUT2D eigenvalue weighted by Crippen LogP contribution is 2.35. The van der Waals surface area contributed by atoms with Gasteiger partial charge in [-0.15, -0.1) is 22.7 Å². The minimum atomic E-state index is -0.199. The number of carbonyl (C=O) groups is 1. The first-order valence-electron chi connectivity index (χ1n) is 8.73. The molecule has 3 aromatic heterocycles. The topological polar surface area (TPSA) is 58.7 Å².